The predicted octanol–water partition coefficient (Wildman–Crippen LogP) is 6.38. The number of methoxy groups -OCH3 is 2. The van der Waals surface area contributed by atoms with Gasteiger partial charge in [0.15, 0.2) is 27.6 Å². The van der Waals surface area contributed by atoms with Crippen LogP contribution < -0.4 is 14.8 Å². The van der Waals surface area contributed by atoms with E-state index in [0.717, 1.165) is 21.7 Å². The Hall–Kier alpha value is -3.86. The van der Waals surface area contributed by atoms with Crippen LogP contribution in [0.2, 0.25) is 5.02 Å². The number of thiazole rings is 1. The predicted molar refractivity (Wildman–Crippen MR) is 156 cm³/mol. The fourth-order valence-electron chi connectivity index (χ4n) is 3.92. The van der Waals surface area contributed by atoms with Gasteiger partial charge in [-0.2, -0.15) is 0 Å². The molecule has 39 heavy (non-hydrogen) atoms. The van der Waals surface area contributed by atoms with Crippen molar-refractivity contribution < 1.29 is 14.3 Å². The number of hydrogen-bond donors (Lipinski definition) is 1. The molecule has 11 heteroatoms. The van der Waals surface area contributed by atoms with E-state index < -0.39 is 0 Å². The Balaban J connectivity index is 1.31. The van der Waals surface area contributed by atoms with Gasteiger partial charge in [0.25, 0.3) is 0 Å². The molecule has 0 aliphatic carbocycles. The highest BCUT2D eigenvalue weighted by atomic mass is 35.5. The second-order valence-corrected chi connectivity index (χ2v) is 10.8. The molecule has 0 bridgehead atoms. The van der Waals surface area contributed by atoms with Crippen molar-refractivity contribution in [3.63, 3.8) is 0 Å². The number of ether oxygens (including phenoxy) is 2. The minimum atomic E-state index is -0.182. The van der Waals surface area contributed by atoms with E-state index in [0.29, 0.717) is 39.1 Å². The van der Waals surface area contributed by atoms with E-state index in [1.807, 2.05) is 77.4 Å². The van der Waals surface area contributed by atoms with Crippen molar-refractivity contribution in [3.05, 3.63) is 94.5 Å². The summed E-state index contributed by atoms with van der Waals surface area (Å²) in [5.74, 6) is 1.79. The highest BCUT2D eigenvalue weighted by molar-refractivity contribution is 7.99. The zero-order valence-electron chi connectivity index (χ0n) is 21.1. The molecule has 0 atom stereocenters. The smallest absolute Gasteiger partial charge is 0.236 e. The fraction of sp³-hybridized carbons (Fsp3) is 0.143. The molecule has 198 valence electrons. The first-order valence-electron chi connectivity index (χ1n) is 11.9. The number of aromatic nitrogens is 4. The molecule has 1 N–H and O–H groups in total. The van der Waals surface area contributed by atoms with Crippen molar-refractivity contribution in [2.24, 2.45) is 0 Å². The molecule has 0 unspecified atom stereocenters. The number of thioether (sulfide) groups is 1. The van der Waals surface area contributed by atoms with E-state index in [9.17, 15) is 4.79 Å². The molecule has 1 amide bonds. The van der Waals surface area contributed by atoms with Gasteiger partial charge in [0.2, 0.25) is 5.91 Å². The number of benzene rings is 3. The van der Waals surface area contributed by atoms with Gasteiger partial charge in [0.05, 0.1) is 20.0 Å². The maximum Gasteiger partial charge on any atom is 0.236 e. The maximum absolute atomic E-state index is 12.8. The normalized spacial score (nSPS) is 10.8. The third-order valence-electron chi connectivity index (χ3n) is 5.69. The van der Waals surface area contributed by atoms with Crippen LogP contribution in [-0.2, 0) is 11.2 Å². The van der Waals surface area contributed by atoms with Crippen LogP contribution >= 0.6 is 34.7 Å². The van der Waals surface area contributed by atoms with Crippen LogP contribution in [0.1, 0.15) is 10.4 Å². The third kappa shape index (κ3) is 6.42. The van der Waals surface area contributed by atoms with Gasteiger partial charge in [-0.3, -0.25) is 9.36 Å². The molecule has 2 aromatic heterocycles. The van der Waals surface area contributed by atoms with Crippen molar-refractivity contribution in [2.75, 3.05) is 25.3 Å². The van der Waals surface area contributed by atoms with Crippen LogP contribution in [0.5, 0.6) is 11.5 Å². The van der Waals surface area contributed by atoms with E-state index in [2.05, 4.69) is 20.5 Å². The van der Waals surface area contributed by atoms with Gasteiger partial charge >= 0.3 is 0 Å². The Morgan fingerprint density at radius 3 is 2.59 bits per heavy atom. The molecule has 0 spiro atoms. The zero-order chi connectivity index (χ0) is 27.2. The Bertz CT molecular complexity index is 1590. The van der Waals surface area contributed by atoms with E-state index in [1.54, 1.807) is 20.4 Å². The first-order chi connectivity index (χ1) is 19.0. The summed E-state index contributed by atoms with van der Waals surface area (Å²) in [6, 6.07) is 23.0. The number of carbonyl (C=O) groups excluding carboxylic acids is 1. The summed E-state index contributed by atoms with van der Waals surface area (Å²) < 4.78 is 12.8. The first-order valence-corrected chi connectivity index (χ1v) is 14.1. The first kappa shape index (κ1) is 26.7. The van der Waals surface area contributed by atoms with Crippen LogP contribution in [-0.4, -0.2) is 45.6 Å². The Morgan fingerprint density at radius 1 is 1.00 bits per heavy atom. The average molecular weight is 578 g/mol. The number of halogens is 1. The van der Waals surface area contributed by atoms with Crippen LogP contribution in [0.15, 0.2) is 84.1 Å². The van der Waals surface area contributed by atoms with Crippen LogP contribution in [0.25, 0.3) is 17.1 Å². The molecule has 5 aromatic rings. The second-order valence-electron chi connectivity index (χ2n) is 8.32. The number of nitrogens with one attached hydrogen (secondary N) is 1. The lowest BCUT2D eigenvalue weighted by molar-refractivity contribution is -0.113. The Labute approximate surface area is 239 Å². The summed E-state index contributed by atoms with van der Waals surface area (Å²) in [6.07, 6.45) is 2.47. The molecule has 0 radical (unpaired) electrons. The molecule has 0 fully saturated rings. The highest BCUT2D eigenvalue weighted by Gasteiger charge is 2.19. The average Bonchev–Trinajstić information content (AvgIpc) is 3.58. The minimum Gasteiger partial charge on any atom is -0.493 e. The quantitative estimate of drug-likeness (QED) is 0.192. The summed E-state index contributed by atoms with van der Waals surface area (Å²) in [4.78, 5) is 18.2. The van der Waals surface area contributed by atoms with Gasteiger partial charge in [-0.25, -0.2) is 4.98 Å². The molecule has 2 heterocycles. The van der Waals surface area contributed by atoms with Crippen LogP contribution in [0, 0.1) is 0 Å². The van der Waals surface area contributed by atoms with Crippen molar-refractivity contribution in [1.29, 1.82) is 0 Å². The maximum atomic E-state index is 12.8. The van der Waals surface area contributed by atoms with Gasteiger partial charge in [-0.15, -0.1) is 21.5 Å². The monoisotopic (exact) mass is 577 g/mol. The van der Waals surface area contributed by atoms with Crippen molar-refractivity contribution >= 4 is 45.7 Å². The zero-order valence-corrected chi connectivity index (χ0v) is 23.5. The fourth-order valence-corrected chi connectivity index (χ4v) is 5.74. The van der Waals surface area contributed by atoms with Crippen molar-refractivity contribution in [2.45, 2.75) is 11.6 Å². The summed E-state index contributed by atoms with van der Waals surface area (Å²) in [5.41, 5.74) is 2.77. The SMILES string of the molecule is COc1ccc(-c2nnc(SCC(=O)Nc3ncc(Cc4cccc(Cl)c4)s3)n2-c2ccccc2)cc1OC. The summed E-state index contributed by atoms with van der Waals surface area (Å²) in [5, 5.41) is 13.6. The van der Waals surface area contributed by atoms with E-state index in [1.165, 1.54) is 23.1 Å². The van der Waals surface area contributed by atoms with Gasteiger partial charge < -0.3 is 14.8 Å². The number of rotatable bonds is 10. The van der Waals surface area contributed by atoms with E-state index >= 15 is 0 Å². The van der Waals surface area contributed by atoms with Crippen molar-refractivity contribution in [3.8, 4) is 28.6 Å². The summed E-state index contributed by atoms with van der Waals surface area (Å²) in [6.45, 7) is 0. The highest BCUT2D eigenvalue weighted by Crippen LogP contribution is 2.34. The topological polar surface area (TPSA) is 91.2 Å². The lowest BCUT2D eigenvalue weighted by Crippen LogP contribution is -2.14. The lowest BCUT2D eigenvalue weighted by atomic mass is 10.1. The number of hydrogen-bond acceptors (Lipinski definition) is 8. The molecule has 0 aliphatic heterocycles. The number of anilines is 1. The summed E-state index contributed by atoms with van der Waals surface area (Å²) in [7, 11) is 3.18. The molecule has 0 saturated carbocycles. The van der Waals surface area contributed by atoms with Gasteiger partial charge in [0, 0.05) is 33.8 Å². The molecule has 0 aliphatic rings. The third-order valence-corrected chi connectivity index (χ3v) is 7.77. The standard InChI is InChI=1S/C28H24ClN5O3S2/c1-36-23-12-11-19(15-24(23)37-2)26-32-33-28(34(26)21-9-4-3-5-10-21)38-17-25(35)31-27-30-16-22(39-27)14-18-7-6-8-20(29)13-18/h3-13,15-16H,14,17H2,1-2H3,(H,30,31,35). The van der Waals surface area contributed by atoms with Gasteiger partial charge in [-0.05, 0) is 48.0 Å². The van der Waals surface area contributed by atoms with E-state index in [4.69, 9.17) is 21.1 Å². The molecule has 8 nitrogen and oxygen atoms in total. The molecule has 5 rings (SSSR count). The molecular weight excluding hydrogens is 554 g/mol. The lowest BCUT2D eigenvalue weighted by Gasteiger charge is -2.12. The van der Waals surface area contributed by atoms with Crippen molar-refractivity contribution in [1.82, 2.24) is 19.7 Å². The van der Waals surface area contributed by atoms with Crippen LogP contribution in [0.3, 0.4) is 0 Å². The van der Waals surface area contributed by atoms with Gasteiger partial charge in [-0.1, -0.05) is 53.7 Å². The van der Waals surface area contributed by atoms with Crippen LogP contribution in [0.4, 0.5) is 5.13 Å². The minimum absolute atomic E-state index is 0.139. The molecule has 0 saturated heterocycles. The Kier molecular flexibility index (Phi) is 8.45. The molecule has 3 aromatic carbocycles. The largest absolute Gasteiger partial charge is 0.493 e. The van der Waals surface area contributed by atoms with Gasteiger partial charge in [0.1, 0.15) is 0 Å². The Morgan fingerprint density at radius 2 is 1.82 bits per heavy atom. The molecular formula is C28H24ClN5O3S2. The number of para-hydroxylation sites is 1. The number of amides is 1. The number of nitrogens with zero attached hydrogens (tertiary/aromatic N) is 4. The van der Waals surface area contributed by atoms with E-state index in [-0.39, 0.29) is 11.7 Å². The summed E-state index contributed by atoms with van der Waals surface area (Å²) >= 11 is 8.83. The second kappa shape index (κ2) is 12.3. The number of carbonyl (C=O) groups is 1.